The van der Waals surface area contributed by atoms with E-state index in [0.717, 1.165) is 94.4 Å². The maximum absolute atomic E-state index is 13.4. The molecule has 0 bridgehead atoms. The Morgan fingerprint density at radius 1 is 1.03 bits per heavy atom. The number of amides is 1. The number of ketones is 1. The fourth-order valence-electron chi connectivity index (χ4n) is 5.91. The molecule has 3 fully saturated rings. The Bertz CT molecular complexity index is 1060. The molecule has 2 aromatic heterocycles. The van der Waals surface area contributed by atoms with Gasteiger partial charge in [0.2, 0.25) is 5.88 Å². The molecule has 0 aromatic carbocycles. The monoisotopic (exact) mass is 492 g/mol. The number of piperidine rings is 1. The Hall–Kier alpha value is -2.70. The number of likely N-dealkylation sites (tertiary alicyclic amines) is 1. The van der Waals surface area contributed by atoms with E-state index in [0.29, 0.717) is 29.9 Å². The van der Waals surface area contributed by atoms with E-state index >= 15 is 0 Å². The molecular formula is C29H40N4O3. The summed E-state index contributed by atoms with van der Waals surface area (Å²) in [4.78, 5) is 31.2. The number of rotatable bonds is 9. The van der Waals surface area contributed by atoms with E-state index in [-0.39, 0.29) is 17.8 Å². The van der Waals surface area contributed by atoms with Crippen molar-refractivity contribution in [2.24, 2.45) is 11.8 Å². The standard InChI is InChI=1S/C29H40N4O3/c1-20-4-3-14-30-28(20)36-25-9-5-22(6-10-25)13-17-33-19-26(24-7-8-24)27(31-33)29(35)32-15-11-23(12-16-32)18-21(2)34/h3-4,14,19,22-25H,5-13,15-18H2,1-2H3. The second-order valence-corrected chi connectivity index (χ2v) is 11.3. The first kappa shape index (κ1) is 25.0. The lowest BCUT2D eigenvalue weighted by Crippen LogP contribution is -2.39. The largest absolute Gasteiger partial charge is 0.474 e. The fourth-order valence-corrected chi connectivity index (χ4v) is 5.91. The molecule has 36 heavy (non-hydrogen) atoms. The van der Waals surface area contributed by atoms with Gasteiger partial charge in [0, 0.05) is 49.6 Å². The first-order valence-corrected chi connectivity index (χ1v) is 13.9. The summed E-state index contributed by atoms with van der Waals surface area (Å²) in [5, 5.41) is 4.82. The van der Waals surface area contributed by atoms with Crippen LogP contribution in [0.4, 0.5) is 0 Å². The lowest BCUT2D eigenvalue weighted by atomic mass is 9.85. The van der Waals surface area contributed by atoms with Crippen LogP contribution in [0.15, 0.2) is 24.5 Å². The highest BCUT2D eigenvalue weighted by atomic mass is 16.5. The predicted molar refractivity (Wildman–Crippen MR) is 138 cm³/mol. The first-order chi connectivity index (χ1) is 17.5. The summed E-state index contributed by atoms with van der Waals surface area (Å²) in [5.74, 6) is 2.68. The van der Waals surface area contributed by atoms with Gasteiger partial charge in [-0.3, -0.25) is 9.48 Å². The summed E-state index contributed by atoms with van der Waals surface area (Å²) in [6, 6.07) is 3.99. The van der Waals surface area contributed by atoms with Crippen LogP contribution < -0.4 is 4.74 Å². The third-order valence-corrected chi connectivity index (χ3v) is 8.29. The van der Waals surface area contributed by atoms with Crippen LogP contribution in [-0.2, 0) is 11.3 Å². The number of Topliss-reactive ketones (excluding diaryl/α,β-unsaturated/α-hetero) is 1. The number of carbonyl (C=O) groups excluding carboxylic acids is 2. The van der Waals surface area contributed by atoms with Gasteiger partial charge in [0.25, 0.3) is 5.91 Å². The number of ether oxygens (including phenoxy) is 1. The molecule has 2 saturated carbocycles. The molecule has 0 N–H and O–H groups in total. The van der Waals surface area contributed by atoms with Crippen LogP contribution in [0.5, 0.6) is 5.88 Å². The van der Waals surface area contributed by atoms with Crippen molar-refractivity contribution in [1.82, 2.24) is 19.7 Å². The quantitative estimate of drug-likeness (QED) is 0.473. The summed E-state index contributed by atoms with van der Waals surface area (Å²) in [5.41, 5.74) is 2.91. The molecule has 1 saturated heterocycles. The Labute approximate surface area is 214 Å². The third-order valence-electron chi connectivity index (χ3n) is 8.29. The number of carbonyl (C=O) groups is 2. The average molecular weight is 493 g/mol. The summed E-state index contributed by atoms with van der Waals surface area (Å²) in [6.45, 7) is 6.04. The van der Waals surface area contributed by atoms with Crippen LogP contribution in [0.25, 0.3) is 0 Å². The number of hydrogen-bond acceptors (Lipinski definition) is 5. The van der Waals surface area contributed by atoms with Gasteiger partial charge in [-0.05, 0) is 95.5 Å². The van der Waals surface area contributed by atoms with Gasteiger partial charge in [0.15, 0.2) is 5.69 Å². The van der Waals surface area contributed by atoms with Crippen LogP contribution in [-0.4, -0.2) is 50.5 Å². The third kappa shape index (κ3) is 6.16. The molecule has 0 spiro atoms. The highest BCUT2D eigenvalue weighted by Gasteiger charge is 2.34. The molecule has 194 valence electrons. The molecule has 7 heteroatoms. The predicted octanol–water partition coefficient (Wildman–Crippen LogP) is 5.32. The van der Waals surface area contributed by atoms with Crippen molar-refractivity contribution >= 4 is 11.7 Å². The lowest BCUT2D eigenvalue weighted by molar-refractivity contribution is -0.118. The van der Waals surface area contributed by atoms with Crippen molar-refractivity contribution in [3.8, 4) is 5.88 Å². The topological polar surface area (TPSA) is 77.3 Å². The first-order valence-electron chi connectivity index (χ1n) is 13.9. The average Bonchev–Trinajstić information content (AvgIpc) is 3.64. The van der Waals surface area contributed by atoms with Gasteiger partial charge in [0.05, 0.1) is 0 Å². The van der Waals surface area contributed by atoms with Crippen molar-refractivity contribution in [3.63, 3.8) is 0 Å². The van der Waals surface area contributed by atoms with Gasteiger partial charge in [-0.15, -0.1) is 0 Å². The summed E-state index contributed by atoms with van der Waals surface area (Å²) < 4.78 is 8.20. The van der Waals surface area contributed by atoms with Gasteiger partial charge in [-0.2, -0.15) is 5.10 Å². The summed E-state index contributed by atoms with van der Waals surface area (Å²) >= 11 is 0. The number of aromatic nitrogens is 3. The maximum atomic E-state index is 13.4. The Balaban J connectivity index is 1.13. The molecule has 2 aromatic rings. The lowest BCUT2D eigenvalue weighted by Gasteiger charge is -2.31. The molecule has 5 rings (SSSR count). The van der Waals surface area contributed by atoms with Crippen LogP contribution in [0.3, 0.4) is 0 Å². The van der Waals surface area contributed by atoms with Crippen LogP contribution in [0.1, 0.15) is 98.7 Å². The SMILES string of the molecule is CC(=O)CC1CCN(C(=O)c2nn(CCC3CCC(Oc4ncccc4C)CC3)cc2C2CC2)CC1. The molecule has 1 aliphatic heterocycles. The molecule has 3 aliphatic rings. The minimum Gasteiger partial charge on any atom is -0.474 e. The van der Waals surface area contributed by atoms with Crippen LogP contribution in [0, 0.1) is 18.8 Å². The minimum atomic E-state index is 0.0828. The molecule has 1 amide bonds. The highest BCUT2D eigenvalue weighted by molar-refractivity contribution is 5.94. The van der Waals surface area contributed by atoms with E-state index < -0.39 is 0 Å². The van der Waals surface area contributed by atoms with E-state index in [1.54, 1.807) is 13.1 Å². The van der Waals surface area contributed by atoms with E-state index in [1.807, 2.05) is 28.6 Å². The number of aryl methyl sites for hydroxylation is 2. The van der Waals surface area contributed by atoms with E-state index in [4.69, 9.17) is 9.84 Å². The fraction of sp³-hybridized carbons (Fsp3) is 0.655. The number of pyridine rings is 1. The van der Waals surface area contributed by atoms with Crippen molar-refractivity contribution in [2.45, 2.75) is 96.6 Å². The van der Waals surface area contributed by atoms with Gasteiger partial charge >= 0.3 is 0 Å². The summed E-state index contributed by atoms with van der Waals surface area (Å²) in [7, 11) is 0. The smallest absolute Gasteiger partial charge is 0.274 e. The minimum absolute atomic E-state index is 0.0828. The zero-order chi connectivity index (χ0) is 25.1. The van der Waals surface area contributed by atoms with Crippen molar-refractivity contribution in [3.05, 3.63) is 41.3 Å². The highest BCUT2D eigenvalue weighted by Crippen LogP contribution is 2.42. The number of hydrogen-bond donors (Lipinski definition) is 0. The Morgan fingerprint density at radius 2 is 1.78 bits per heavy atom. The van der Waals surface area contributed by atoms with Gasteiger partial charge in [-0.1, -0.05) is 6.07 Å². The molecular weight excluding hydrogens is 452 g/mol. The van der Waals surface area contributed by atoms with Gasteiger partial charge in [0.1, 0.15) is 11.9 Å². The molecule has 0 radical (unpaired) electrons. The maximum Gasteiger partial charge on any atom is 0.274 e. The molecule has 3 heterocycles. The van der Waals surface area contributed by atoms with Crippen molar-refractivity contribution < 1.29 is 14.3 Å². The molecule has 7 nitrogen and oxygen atoms in total. The zero-order valence-electron chi connectivity index (χ0n) is 21.8. The molecule has 0 unspecified atom stereocenters. The van der Waals surface area contributed by atoms with E-state index in [1.165, 1.54) is 0 Å². The molecule has 2 aliphatic carbocycles. The van der Waals surface area contributed by atoms with Crippen molar-refractivity contribution in [1.29, 1.82) is 0 Å². The van der Waals surface area contributed by atoms with E-state index in [9.17, 15) is 9.59 Å². The zero-order valence-corrected chi connectivity index (χ0v) is 21.8. The molecule has 0 atom stereocenters. The Kier molecular flexibility index (Phi) is 7.73. The summed E-state index contributed by atoms with van der Waals surface area (Å²) in [6.07, 6.45) is 14.5. The number of nitrogens with zero attached hydrogens (tertiary/aromatic N) is 4. The normalized spacial score (nSPS) is 23.0. The van der Waals surface area contributed by atoms with Gasteiger partial charge in [-0.25, -0.2) is 4.98 Å². The second kappa shape index (κ2) is 11.1. The second-order valence-electron chi connectivity index (χ2n) is 11.3. The van der Waals surface area contributed by atoms with Gasteiger partial charge < -0.3 is 14.4 Å². The van der Waals surface area contributed by atoms with E-state index in [2.05, 4.69) is 11.2 Å². The van der Waals surface area contributed by atoms with Crippen LogP contribution in [0.2, 0.25) is 0 Å². The Morgan fingerprint density at radius 3 is 2.44 bits per heavy atom. The van der Waals surface area contributed by atoms with Crippen molar-refractivity contribution in [2.75, 3.05) is 13.1 Å². The van der Waals surface area contributed by atoms with Crippen LogP contribution >= 0.6 is 0 Å².